The average Bonchev–Trinajstić information content (AvgIpc) is 2.51. The van der Waals surface area contributed by atoms with Gasteiger partial charge in [0.15, 0.2) is 5.96 Å². The van der Waals surface area contributed by atoms with Crippen molar-refractivity contribution >= 4 is 17.7 Å². The fraction of sp³-hybridized carbons (Fsp3) is 0.611. The lowest BCUT2D eigenvalue weighted by Gasteiger charge is -2.39. The zero-order valence-electron chi connectivity index (χ0n) is 14.8. The second-order valence-corrected chi connectivity index (χ2v) is 8.14. The first-order valence-corrected chi connectivity index (χ1v) is 9.34. The van der Waals surface area contributed by atoms with Gasteiger partial charge in [-0.2, -0.15) is 11.8 Å². The second kappa shape index (κ2) is 8.48. The van der Waals surface area contributed by atoms with E-state index in [9.17, 15) is 0 Å². The molecule has 128 valence electrons. The molecule has 0 aromatic heterocycles. The summed E-state index contributed by atoms with van der Waals surface area (Å²) < 4.78 is 5.85. The zero-order chi connectivity index (χ0) is 16.7. The van der Waals surface area contributed by atoms with Crippen molar-refractivity contribution in [1.29, 1.82) is 0 Å². The Kier molecular flexibility index (Phi) is 6.63. The molecule has 0 amide bonds. The van der Waals surface area contributed by atoms with Crippen molar-refractivity contribution < 1.29 is 4.74 Å². The molecule has 1 heterocycles. The van der Waals surface area contributed by atoms with E-state index in [0.717, 1.165) is 43.5 Å². The minimum atomic E-state index is 0.293. The number of nitrogens with one attached hydrogen (secondary N) is 1. The maximum absolute atomic E-state index is 5.56. The van der Waals surface area contributed by atoms with Gasteiger partial charge in [0.25, 0.3) is 0 Å². The van der Waals surface area contributed by atoms with E-state index in [1.807, 2.05) is 31.8 Å². The van der Waals surface area contributed by atoms with E-state index in [1.165, 1.54) is 5.56 Å². The molecule has 0 spiro atoms. The Morgan fingerprint density at radius 3 is 2.96 bits per heavy atom. The predicted molar refractivity (Wildman–Crippen MR) is 101 cm³/mol. The van der Waals surface area contributed by atoms with Crippen LogP contribution in [0.25, 0.3) is 0 Å². The van der Waals surface area contributed by atoms with Gasteiger partial charge in [-0.3, -0.25) is 4.99 Å². The molecule has 2 rings (SSSR count). The molecule has 1 fully saturated rings. The summed E-state index contributed by atoms with van der Waals surface area (Å²) in [4.78, 5) is 6.82. The fourth-order valence-corrected chi connectivity index (χ4v) is 3.92. The molecule has 1 aromatic carbocycles. The first-order chi connectivity index (χ1) is 11.0. The van der Waals surface area contributed by atoms with Gasteiger partial charge >= 0.3 is 0 Å². The molecule has 0 aliphatic carbocycles. The van der Waals surface area contributed by atoms with Crippen molar-refractivity contribution in [2.45, 2.75) is 31.9 Å². The van der Waals surface area contributed by atoms with Crippen LogP contribution in [0, 0.1) is 0 Å². The summed E-state index contributed by atoms with van der Waals surface area (Å²) in [6.07, 6.45) is 0.964. The minimum absolute atomic E-state index is 0.293. The summed E-state index contributed by atoms with van der Waals surface area (Å²) in [6, 6.07) is 8.33. The maximum Gasteiger partial charge on any atom is 0.193 e. The van der Waals surface area contributed by atoms with E-state index in [4.69, 9.17) is 4.74 Å². The molecule has 0 radical (unpaired) electrons. The van der Waals surface area contributed by atoms with E-state index in [-0.39, 0.29) is 0 Å². The van der Waals surface area contributed by atoms with E-state index in [0.29, 0.717) is 11.4 Å². The van der Waals surface area contributed by atoms with Crippen LogP contribution in [0.3, 0.4) is 0 Å². The van der Waals surface area contributed by atoms with Crippen molar-refractivity contribution in [2.24, 2.45) is 4.99 Å². The second-order valence-electron chi connectivity index (χ2n) is 6.33. The van der Waals surface area contributed by atoms with E-state index in [2.05, 4.69) is 47.3 Å². The number of rotatable bonds is 5. The minimum Gasteiger partial charge on any atom is -0.494 e. The summed E-state index contributed by atoms with van der Waals surface area (Å²) >= 11 is 2.04. The molecule has 1 aliphatic rings. The molecule has 1 saturated heterocycles. The van der Waals surface area contributed by atoms with Crippen molar-refractivity contribution in [3.05, 3.63) is 29.8 Å². The largest absolute Gasteiger partial charge is 0.494 e. The predicted octanol–water partition coefficient (Wildman–Crippen LogP) is 3.03. The SMILES string of the molecule is CCOc1cccc(CCNC(=NC)N2CCSC(C)(C)C2)c1. The van der Waals surface area contributed by atoms with Gasteiger partial charge in [-0.15, -0.1) is 0 Å². The Labute approximate surface area is 144 Å². The molecule has 5 heteroatoms. The number of hydrogen-bond donors (Lipinski definition) is 1. The van der Waals surface area contributed by atoms with Crippen LogP contribution >= 0.6 is 11.8 Å². The summed E-state index contributed by atoms with van der Waals surface area (Å²) in [5, 5.41) is 3.50. The quantitative estimate of drug-likeness (QED) is 0.663. The number of ether oxygens (including phenoxy) is 1. The number of benzene rings is 1. The van der Waals surface area contributed by atoms with Crippen LogP contribution in [0.4, 0.5) is 0 Å². The third-order valence-corrected chi connectivity index (χ3v) is 5.14. The van der Waals surface area contributed by atoms with Gasteiger partial charge in [0.1, 0.15) is 5.75 Å². The Morgan fingerprint density at radius 1 is 1.43 bits per heavy atom. The van der Waals surface area contributed by atoms with Crippen molar-refractivity contribution in [3.63, 3.8) is 0 Å². The summed E-state index contributed by atoms with van der Waals surface area (Å²) in [7, 11) is 1.87. The van der Waals surface area contributed by atoms with E-state index in [1.54, 1.807) is 0 Å². The molecule has 0 bridgehead atoms. The maximum atomic E-state index is 5.56. The Balaban J connectivity index is 1.85. The Morgan fingerprint density at radius 2 is 2.26 bits per heavy atom. The van der Waals surface area contributed by atoms with Crippen molar-refractivity contribution in [2.75, 3.05) is 39.0 Å². The first-order valence-electron chi connectivity index (χ1n) is 8.35. The molecule has 1 N–H and O–H groups in total. The lowest BCUT2D eigenvalue weighted by atomic mass is 10.1. The number of guanidine groups is 1. The number of thioether (sulfide) groups is 1. The monoisotopic (exact) mass is 335 g/mol. The van der Waals surface area contributed by atoms with Crippen LogP contribution in [0.5, 0.6) is 5.75 Å². The zero-order valence-corrected chi connectivity index (χ0v) is 15.6. The molecule has 1 aromatic rings. The smallest absolute Gasteiger partial charge is 0.193 e. The van der Waals surface area contributed by atoms with Crippen LogP contribution in [-0.4, -0.2) is 54.6 Å². The van der Waals surface area contributed by atoms with Gasteiger partial charge in [-0.1, -0.05) is 12.1 Å². The molecule has 4 nitrogen and oxygen atoms in total. The molecule has 1 aliphatic heterocycles. The van der Waals surface area contributed by atoms with Crippen LogP contribution in [0.1, 0.15) is 26.3 Å². The lowest BCUT2D eigenvalue weighted by Crippen LogP contribution is -2.51. The topological polar surface area (TPSA) is 36.9 Å². The van der Waals surface area contributed by atoms with Gasteiger partial charge in [0.2, 0.25) is 0 Å². The molecule has 0 saturated carbocycles. The standard InChI is InChI=1S/C18H29N3OS/c1-5-22-16-8-6-7-15(13-16)9-10-20-17(19-4)21-11-12-23-18(2,3)14-21/h6-8,13H,5,9-12,14H2,1-4H3,(H,19,20). The summed E-state index contributed by atoms with van der Waals surface area (Å²) in [6.45, 7) is 10.3. The Bertz CT molecular complexity index is 531. The highest BCUT2D eigenvalue weighted by molar-refractivity contribution is 8.00. The van der Waals surface area contributed by atoms with Crippen LogP contribution in [0.15, 0.2) is 29.3 Å². The number of nitrogens with zero attached hydrogens (tertiary/aromatic N) is 2. The number of hydrogen-bond acceptors (Lipinski definition) is 3. The van der Waals surface area contributed by atoms with Gasteiger partial charge in [-0.25, -0.2) is 0 Å². The molecule has 0 atom stereocenters. The third-order valence-electron chi connectivity index (χ3n) is 3.84. The normalized spacial score (nSPS) is 17.9. The molecule has 23 heavy (non-hydrogen) atoms. The van der Waals surface area contributed by atoms with E-state index >= 15 is 0 Å². The van der Waals surface area contributed by atoms with Crippen LogP contribution < -0.4 is 10.1 Å². The third kappa shape index (κ3) is 5.65. The van der Waals surface area contributed by atoms with Gasteiger partial charge in [0, 0.05) is 37.2 Å². The molecular weight excluding hydrogens is 306 g/mol. The van der Waals surface area contributed by atoms with Crippen molar-refractivity contribution in [3.8, 4) is 5.75 Å². The number of aliphatic imine (C=N–C) groups is 1. The highest BCUT2D eigenvalue weighted by Crippen LogP contribution is 2.29. The molecule has 0 unspecified atom stereocenters. The van der Waals surface area contributed by atoms with Gasteiger partial charge in [0.05, 0.1) is 6.61 Å². The average molecular weight is 336 g/mol. The van der Waals surface area contributed by atoms with E-state index < -0.39 is 0 Å². The van der Waals surface area contributed by atoms with Gasteiger partial charge in [-0.05, 0) is 44.9 Å². The highest BCUT2D eigenvalue weighted by atomic mass is 32.2. The molecular formula is C18H29N3OS. The summed E-state index contributed by atoms with van der Waals surface area (Å²) in [5.74, 6) is 3.12. The summed E-state index contributed by atoms with van der Waals surface area (Å²) in [5.41, 5.74) is 1.29. The highest BCUT2D eigenvalue weighted by Gasteiger charge is 2.28. The van der Waals surface area contributed by atoms with Crippen molar-refractivity contribution in [1.82, 2.24) is 10.2 Å². The van der Waals surface area contributed by atoms with Gasteiger partial charge < -0.3 is 15.0 Å². The van der Waals surface area contributed by atoms with Crippen LogP contribution in [-0.2, 0) is 6.42 Å². The lowest BCUT2D eigenvalue weighted by molar-refractivity contribution is 0.340. The Hall–Kier alpha value is -1.36. The first kappa shape index (κ1) is 18.0. The van der Waals surface area contributed by atoms with Crippen LogP contribution in [0.2, 0.25) is 0 Å². The fourth-order valence-electron chi connectivity index (χ4n) is 2.81.